The van der Waals surface area contributed by atoms with Crippen molar-refractivity contribution in [1.82, 2.24) is 10.1 Å². The Bertz CT molecular complexity index is 717. The van der Waals surface area contributed by atoms with Crippen LogP contribution in [-0.4, -0.2) is 21.6 Å². The van der Waals surface area contributed by atoms with Crippen LogP contribution in [-0.2, 0) is 11.2 Å². The summed E-state index contributed by atoms with van der Waals surface area (Å²) in [5.74, 6) is 0.851. The second kappa shape index (κ2) is 8.37. The number of amides is 1. The first-order valence-corrected chi connectivity index (χ1v) is 8.53. The van der Waals surface area contributed by atoms with Gasteiger partial charge in [-0.2, -0.15) is 18.2 Å². The largest absolute Gasteiger partial charge is 0.446 e. The number of halogens is 3. The summed E-state index contributed by atoms with van der Waals surface area (Å²) < 4.78 is 42.7. The summed E-state index contributed by atoms with van der Waals surface area (Å²) in [6, 6.07) is 5.83. The summed E-state index contributed by atoms with van der Waals surface area (Å²) in [4.78, 5) is 16.1. The molecule has 2 rings (SSSR count). The molecule has 1 aromatic carbocycles. The molecule has 1 amide bonds. The number of carbonyl (C=O) groups excluding carboxylic acids is 1. The number of aryl methyl sites for hydroxylation is 1. The summed E-state index contributed by atoms with van der Waals surface area (Å²) >= 11 is -0.253. The van der Waals surface area contributed by atoms with Crippen LogP contribution in [0.15, 0.2) is 33.7 Å². The lowest BCUT2D eigenvalue weighted by atomic mass is 10.2. The van der Waals surface area contributed by atoms with Gasteiger partial charge in [-0.15, -0.1) is 0 Å². The summed E-state index contributed by atoms with van der Waals surface area (Å²) in [5.41, 5.74) is -4.26. The lowest BCUT2D eigenvalue weighted by Gasteiger charge is -2.12. The monoisotopic (exact) mass is 373 g/mol. The van der Waals surface area contributed by atoms with Gasteiger partial charge in [-0.3, -0.25) is 4.79 Å². The number of nitrogens with one attached hydrogen (secondary N) is 1. The van der Waals surface area contributed by atoms with Gasteiger partial charge in [0, 0.05) is 23.7 Å². The smallest absolute Gasteiger partial charge is 0.339 e. The zero-order valence-electron chi connectivity index (χ0n) is 13.8. The first kappa shape index (κ1) is 19.3. The minimum Gasteiger partial charge on any atom is -0.339 e. The predicted molar refractivity (Wildman–Crippen MR) is 88.3 cm³/mol. The van der Waals surface area contributed by atoms with Crippen LogP contribution in [0.4, 0.5) is 18.9 Å². The summed E-state index contributed by atoms with van der Waals surface area (Å²) in [5, 5.41) is 6.35. The Morgan fingerprint density at radius 1 is 1.32 bits per heavy atom. The third-order valence-corrected chi connectivity index (χ3v) is 3.99. The standard InChI is InChI=1S/C16H18F3N3O2S/c1-10(2)15-21-14(24-22-15)9-5-8-13(23)20-11-6-3-4-7-12(11)25-16(17,18)19/h3-4,6-7,10H,5,8-9H2,1-2H3,(H,20,23). The van der Waals surface area contributed by atoms with Gasteiger partial charge >= 0.3 is 5.51 Å². The number of hydrogen-bond donors (Lipinski definition) is 1. The molecule has 0 atom stereocenters. The Morgan fingerprint density at radius 2 is 2.04 bits per heavy atom. The zero-order valence-corrected chi connectivity index (χ0v) is 14.6. The van der Waals surface area contributed by atoms with Crippen LogP contribution in [0.3, 0.4) is 0 Å². The zero-order chi connectivity index (χ0) is 18.4. The third-order valence-electron chi connectivity index (χ3n) is 3.18. The number of carbonyl (C=O) groups is 1. The van der Waals surface area contributed by atoms with Crippen molar-refractivity contribution in [3.8, 4) is 0 Å². The highest BCUT2D eigenvalue weighted by molar-refractivity contribution is 8.00. The van der Waals surface area contributed by atoms with Crippen molar-refractivity contribution >= 4 is 23.4 Å². The van der Waals surface area contributed by atoms with Crippen molar-refractivity contribution in [1.29, 1.82) is 0 Å². The maximum absolute atomic E-state index is 12.5. The molecule has 0 aliphatic carbocycles. The predicted octanol–water partition coefficient (Wildman–Crippen LogP) is 4.77. The molecule has 0 unspecified atom stereocenters. The number of alkyl halides is 3. The maximum Gasteiger partial charge on any atom is 0.446 e. The number of benzene rings is 1. The number of rotatable bonds is 7. The van der Waals surface area contributed by atoms with E-state index in [0.717, 1.165) is 0 Å². The fraction of sp³-hybridized carbons (Fsp3) is 0.438. The highest BCUT2D eigenvalue weighted by Gasteiger charge is 2.30. The Hall–Kier alpha value is -2.03. The first-order chi connectivity index (χ1) is 11.7. The van der Waals surface area contributed by atoms with Gasteiger partial charge in [0.25, 0.3) is 0 Å². The van der Waals surface area contributed by atoms with Crippen LogP contribution in [0.1, 0.15) is 44.3 Å². The van der Waals surface area contributed by atoms with Crippen LogP contribution in [0.5, 0.6) is 0 Å². The number of anilines is 1. The number of para-hydroxylation sites is 1. The Balaban J connectivity index is 1.86. The number of hydrogen-bond acceptors (Lipinski definition) is 5. The van der Waals surface area contributed by atoms with Gasteiger partial charge in [0.1, 0.15) is 0 Å². The summed E-state index contributed by atoms with van der Waals surface area (Å²) in [6.07, 6.45) is 1.04. The van der Waals surface area contributed by atoms with Crippen LogP contribution in [0.2, 0.25) is 0 Å². The van der Waals surface area contributed by atoms with Crippen molar-refractivity contribution in [3.63, 3.8) is 0 Å². The Kier molecular flexibility index (Phi) is 6.46. The second-order valence-corrected chi connectivity index (χ2v) is 6.75. The van der Waals surface area contributed by atoms with E-state index in [2.05, 4.69) is 15.5 Å². The molecular formula is C16H18F3N3O2S. The van der Waals surface area contributed by atoms with E-state index in [-0.39, 0.29) is 40.6 Å². The van der Waals surface area contributed by atoms with E-state index >= 15 is 0 Å². The molecule has 0 spiro atoms. The van der Waals surface area contributed by atoms with E-state index in [4.69, 9.17) is 4.52 Å². The Morgan fingerprint density at radius 3 is 2.68 bits per heavy atom. The van der Waals surface area contributed by atoms with Crippen molar-refractivity contribution in [3.05, 3.63) is 36.0 Å². The molecule has 0 radical (unpaired) electrons. The molecule has 0 fully saturated rings. The normalized spacial score (nSPS) is 11.8. The van der Waals surface area contributed by atoms with Gasteiger partial charge in [-0.05, 0) is 30.3 Å². The van der Waals surface area contributed by atoms with Crippen LogP contribution in [0.25, 0.3) is 0 Å². The van der Waals surface area contributed by atoms with Crippen molar-refractivity contribution in [2.75, 3.05) is 5.32 Å². The lowest BCUT2D eigenvalue weighted by molar-refractivity contribution is -0.116. The van der Waals surface area contributed by atoms with E-state index in [9.17, 15) is 18.0 Å². The minimum absolute atomic E-state index is 0.0400. The maximum atomic E-state index is 12.5. The highest BCUT2D eigenvalue weighted by atomic mass is 32.2. The lowest BCUT2D eigenvalue weighted by Crippen LogP contribution is -2.13. The van der Waals surface area contributed by atoms with Crippen LogP contribution < -0.4 is 5.32 Å². The third kappa shape index (κ3) is 6.41. The number of nitrogens with zero attached hydrogens (tertiary/aromatic N) is 2. The van der Waals surface area contributed by atoms with Crippen LogP contribution >= 0.6 is 11.8 Å². The Labute approximate surface area is 147 Å². The van der Waals surface area contributed by atoms with E-state index in [1.54, 1.807) is 6.07 Å². The van der Waals surface area contributed by atoms with Crippen molar-refractivity contribution < 1.29 is 22.5 Å². The quantitative estimate of drug-likeness (QED) is 0.708. The fourth-order valence-corrected chi connectivity index (χ4v) is 2.63. The molecule has 0 bridgehead atoms. The average Bonchev–Trinajstić information content (AvgIpc) is 2.97. The van der Waals surface area contributed by atoms with Crippen LogP contribution in [0, 0.1) is 0 Å². The molecule has 136 valence electrons. The molecule has 0 aliphatic heterocycles. The number of thioether (sulfide) groups is 1. The fourth-order valence-electron chi connectivity index (χ4n) is 2.00. The van der Waals surface area contributed by atoms with Gasteiger partial charge in [0.05, 0.1) is 5.69 Å². The summed E-state index contributed by atoms with van der Waals surface area (Å²) in [6.45, 7) is 3.89. The summed E-state index contributed by atoms with van der Waals surface area (Å²) in [7, 11) is 0. The molecule has 0 saturated carbocycles. The van der Waals surface area contributed by atoms with Gasteiger partial charge in [0.15, 0.2) is 5.82 Å². The van der Waals surface area contributed by atoms with E-state index in [0.29, 0.717) is 24.6 Å². The molecular weight excluding hydrogens is 355 g/mol. The van der Waals surface area contributed by atoms with Gasteiger partial charge in [-0.1, -0.05) is 31.1 Å². The van der Waals surface area contributed by atoms with Gasteiger partial charge in [-0.25, -0.2) is 0 Å². The van der Waals surface area contributed by atoms with E-state index < -0.39 is 5.51 Å². The highest BCUT2D eigenvalue weighted by Crippen LogP contribution is 2.40. The topological polar surface area (TPSA) is 68.0 Å². The molecule has 5 nitrogen and oxygen atoms in total. The molecule has 1 heterocycles. The molecule has 1 N–H and O–H groups in total. The van der Waals surface area contributed by atoms with Gasteiger partial charge in [0.2, 0.25) is 11.8 Å². The van der Waals surface area contributed by atoms with Crippen molar-refractivity contribution in [2.24, 2.45) is 0 Å². The van der Waals surface area contributed by atoms with E-state index in [1.165, 1.54) is 18.2 Å². The molecule has 25 heavy (non-hydrogen) atoms. The minimum atomic E-state index is -4.41. The average molecular weight is 373 g/mol. The number of aromatic nitrogens is 2. The van der Waals surface area contributed by atoms with E-state index in [1.807, 2.05) is 13.8 Å². The molecule has 1 aromatic heterocycles. The molecule has 0 aliphatic rings. The van der Waals surface area contributed by atoms with Crippen molar-refractivity contribution in [2.45, 2.75) is 49.4 Å². The second-order valence-electron chi connectivity index (χ2n) is 5.65. The first-order valence-electron chi connectivity index (χ1n) is 7.71. The molecule has 2 aromatic rings. The molecule has 0 saturated heterocycles. The SMILES string of the molecule is CC(C)c1noc(CCCC(=O)Nc2ccccc2SC(F)(F)F)n1. The van der Waals surface area contributed by atoms with Gasteiger partial charge < -0.3 is 9.84 Å². The molecule has 9 heteroatoms.